The van der Waals surface area contributed by atoms with Gasteiger partial charge < -0.3 is 4.57 Å². The van der Waals surface area contributed by atoms with Crippen molar-refractivity contribution < 1.29 is 9.63 Å². The number of aryl methyl sites for hydroxylation is 1. The number of nitrogens with one attached hydrogen (secondary N) is 1. The molecule has 3 aromatic rings. The lowest BCUT2D eigenvalue weighted by molar-refractivity contribution is 0.165. The van der Waals surface area contributed by atoms with Gasteiger partial charge in [0.1, 0.15) is 0 Å². The summed E-state index contributed by atoms with van der Waals surface area (Å²) in [4.78, 5) is 17.4. The molecule has 5 nitrogen and oxygen atoms in total. The molecule has 1 aliphatic carbocycles. The number of rotatable bonds is 3. The fourth-order valence-electron chi connectivity index (χ4n) is 3.97. The Morgan fingerprint density at radius 1 is 1.10 bits per heavy atom. The average Bonchev–Trinajstić information content (AvgIpc) is 3.03. The molecule has 0 fully saturated rings. The van der Waals surface area contributed by atoms with Crippen LogP contribution in [0.1, 0.15) is 37.2 Å². The Balaban J connectivity index is 1.62. The molecule has 1 amide bonds. The lowest BCUT2D eigenvalue weighted by Crippen LogP contribution is -2.29. The van der Waals surface area contributed by atoms with Crippen molar-refractivity contribution in [3.8, 4) is 5.69 Å². The van der Waals surface area contributed by atoms with Gasteiger partial charge >= 0.3 is 6.09 Å². The molecule has 154 valence electrons. The van der Waals surface area contributed by atoms with E-state index < -0.39 is 6.09 Å². The molecule has 1 aliphatic rings. The van der Waals surface area contributed by atoms with Gasteiger partial charge in [0.15, 0.2) is 0 Å². The van der Waals surface area contributed by atoms with Crippen LogP contribution in [0.2, 0.25) is 5.02 Å². The van der Waals surface area contributed by atoms with Gasteiger partial charge in [0.25, 0.3) is 0 Å². The van der Waals surface area contributed by atoms with E-state index >= 15 is 0 Å². The lowest BCUT2D eigenvalue weighted by atomic mass is 9.76. The predicted octanol–water partition coefficient (Wildman–Crippen LogP) is 6.36. The largest absolute Gasteiger partial charge is 0.437 e. The molecule has 0 aliphatic heterocycles. The van der Waals surface area contributed by atoms with E-state index in [9.17, 15) is 4.79 Å². The zero-order valence-electron chi connectivity index (χ0n) is 17.3. The quantitative estimate of drug-likeness (QED) is 0.395. The van der Waals surface area contributed by atoms with Gasteiger partial charge in [-0.25, -0.2) is 4.79 Å². The number of carbonyl (C=O) groups is 1. The third kappa shape index (κ3) is 4.26. The molecule has 0 atom stereocenters. The lowest BCUT2D eigenvalue weighted by Gasteiger charge is -2.31. The monoisotopic (exact) mass is 421 g/mol. The summed E-state index contributed by atoms with van der Waals surface area (Å²) in [6, 6.07) is 19.2. The van der Waals surface area contributed by atoms with E-state index in [1.807, 2.05) is 18.2 Å². The molecule has 1 N–H and O–H groups in total. The van der Waals surface area contributed by atoms with Crippen molar-refractivity contribution in [2.24, 2.45) is 10.6 Å². The number of nitrogens with zero attached hydrogens (tertiary/aromatic N) is 2. The third-order valence-corrected chi connectivity index (χ3v) is 5.49. The van der Waals surface area contributed by atoms with Crippen molar-refractivity contribution in [1.82, 2.24) is 4.57 Å². The maximum absolute atomic E-state index is 12.2. The number of halogens is 1. The predicted molar refractivity (Wildman–Crippen MR) is 121 cm³/mol. The summed E-state index contributed by atoms with van der Waals surface area (Å²) in [5.41, 5.74) is 5.85. The smallest absolute Gasteiger partial charge is 0.318 e. The molecule has 1 heterocycles. The number of fused-ring (bicyclic) bond motifs is 1. The maximum Gasteiger partial charge on any atom is 0.437 e. The van der Waals surface area contributed by atoms with Crippen molar-refractivity contribution in [2.75, 3.05) is 5.32 Å². The molecule has 1 aromatic heterocycles. The van der Waals surface area contributed by atoms with Gasteiger partial charge in [0.05, 0.1) is 5.71 Å². The molecular weight excluding hydrogens is 398 g/mol. The van der Waals surface area contributed by atoms with Crippen LogP contribution in [0, 0.1) is 12.3 Å². The van der Waals surface area contributed by atoms with Gasteiger partial charge in [0.2, 0.25) is 0 Å². The molecule has 4 rings (SSSR count). The molecule has 0 unspecified atom stereocenters. The number of hydrogen-bond donors (Lipinski definition) is 1. The van der Waals surface area contributed by atoms with Gasteiger partial charge in [-0.3, -0.25) is 10.2 Å². The first-order chi connectivity index (χ1) is 14.3. The summed E-state index contributed by atoms with van der Waals surface area (Å²) >= 11 is 5.88. The van der Waals surface area contributed by atoms with Crippen LogP contribution in [-0.2, 0) is 11.3 Å². The maximum atomic E-state index is 12.2. The van der Waals surface area contributed by atoms with Crippen LogP contribution in [0.15, 0.2) is 65.8 Å². The first kappa shape index (κ1) is 20.2. The summed E-state index contributed by atoms with van der Waals surface area (Å²) in [7, 11) is 0. The van der Waals surface area contributed by atoms with E-state index in [0.717, 1.165) is 35.5 Å². The minimum atomic E-state index is -0.631. The number of para-hydroxylation sites is 1. The molecule has 0 saturated heterocycles. The van der Waals surface area contributed by atoms with Crippen molar-refractivity contribution >= 4 is 29.1 Å². The number of hydrogen-bond acceptors (Lipinski definition) is 3. The minimum Gasteiger partial charge on any atom is -0.318 e. The molecule has 2 aromatic carbocycles. The molecule has 0 saturated carbocycles. The van der Waals surface area contributed by atoms with Gasteiger partial charge in [-0.1, -0.05) is 48.8 Å². The zero-order valence-corrected chi connectivity index (χ0v) is 18.0. The highest BCUT2D eigenvalue weighted by molar-refractivity contribution is 6.30. The van der Waals surface area contributed by atoms with E-state index in [0.29, 0.717) is 10.7 Å². The number of carbonyl (C=O) groups excluding carboxylic acids is 1. The van der Waals surface area contributed by atoms with E-state index in [4.69, 9.17) is 16.4 Å². The van der Waals surface area contributed by atoms with Gasteiger partial charge in [0, 0.05) is 33.3 Å². The van der Waals surface area contributed by atoms with Gasteiger partial charge in [-0.05, 0) is 67.6 Å². The van der Waals surface area contributed by atoms with E-state index in [1.54, 1.807) is 24.3 Å². The summed E-state index contributed by atoms with van der Waals surface area (Å²) < 4.78 is 2.26. The topological polar surface area (TPSA) is 55.6 Å². The Labute approximate surface area is 181 Å². The van der Waals surface area contributed by atoms with Crippen LogP contribution < -0.4 is 5.32 Å². The Kier molecular flexibility index (Phi) is 5.39. The van der Waals surface area contributed by atoms with Crippen molar-refractivity contribution in [3.05, 3.63) is 82.6 Å². The average molecular weight is 422 g/mol. The van der Waals surface area contributed by atoms with Crippen LogP contribution in [0.25, 0.3) is 5.69 Å². The Morgan fingerprint density at radius 3 is 2.50 bits per heavy atom. The van der Waals surface area contributed by atoms with E-state index in [2.05, 4.69) is 54.0 Å². The first-order valence-corrected chi connectivity index (χ1v) is 10.3. The van der Waals surface area contributed by atoms with Crippen molar-refractivity contribution in [3.63, 3.8) is 0 Å². The summed E-state index contributed by atoms with van der Waals surface area (Å²) in [6.45, 7) is 6.50. The summed E-state index contributed by atoms with van der Waals surface area (Å²) in [6.07, 6.45) is 1.02. The number of amides is 1. The highest BCUT2D eigenvalue weighted by Gasteiger charge is 2.33. The third-order valence-electron chi connectivity index (χ3n) is 5.23. The summed E-state index contributed by atoms with van der Waals surface area (Å²) in [5, 5.41) is 7.51. The zero-order chi connectivity index (χ0) is 21.3. The van der Waals surface area contributed by atoms with Crippen LogP contribution in [-0.4, -0.2) is 16.4 Å². The second-order valence-electron chi connectivity index (χ2n) is 8.38. The Hall–Kier alpha value is -3.05. The fourth-order valence-corrected chi connectivity index (χ4v) is 4.09. The number of benzene rings is 2. The fraction of sp³-hybridized carbons (Fsp3) is 0.250. The Morgan fingerprint density at radius 2 is 1.80 bits per heavy atom. The summed E-state index contributed by atoms with van der Waals surface area (Å²) in [5.74, 6) is 0. The van der Waals surface area contributed by atoms with E-state index in [1.165, 1.54) is 5.69 Å². The van der Waals surface area contributed by atoms with E-state index in [-0.39, 0.29) is 5.41 Å². The highest BCUT2D eigenvalue weighted by atomic mass is 35.5. The molecule has 30 heavy (non-hydrogen) atoms. The molecular formula is C24H24ClN3O2. The van der Waals surface area contributed by atoms with Crippen molar-refractivity contribution in [2.45, 2.75) is 33.6 Å². The Bertz CT molecular complexity index is 1100. The second-order valence-corrected chi connectivity index (χ2v) is 8.82. The standard InChI is InChI=1S/C24H24ClN3O2/c1-16-13-20-21(27-30-23(29)26-18-11-9-17(25)10-12-18)14-24(2,3)15-22(20)28(16)19-7-5-4-6-8-19/h4-13H,14-15H2,1-3H3,(H,26,29)/b27-21+. The normalized spacial score (nSPS) is 16.2. The molecule has 0 spiro atoms. The molecule has 6 heteroatoms. The van der Waals surface area contributed by atoms with Crippen LogP contribution in [0.4, 0.5) is 10.5 Å². The number of anilines is 1. The van der Waals surface area contributed by atoms with Gasteiger partial charge in [-0.2, -0.15) is 0 Å². The number of oxime groups is 1. The minimum absolute atomic E-state index is 0.000821. The van der Waals surface area contributed by atoms with Gasteiger partial charge in [-0.15, -0.1) is 0 Å². The van der Waals surface area contributed by atoms with Crippen molar-refractivity contribution in [1.29, 1.82) is 0 Å². The highest BCUT2D eigenvalue weighted by Crippen LogP contribution is 2.38. The molecule has 0 bridgehead atoms. The first-order valence-electron chi connectivity index (χ1n) is 9.90. The van der Waals surface area contributed by atoms with Crippen LogP contribution in [0.3, 0.4) is 0 Å². The second kappa shape index (κ2) is 8.00. The molecule has 0 radical (unpaired) electrons. The van der Waals surface area contributed by atoms with Crippen LogP contribution in [0.5, 0.6) is 0 Å². The van der Waals surface area contributed by atoms with Crippen LogP contribution >= 0.6 is 11.6 Å². The number of aromatic nitrogens is 1. The SMILES string of the molecule is Cc1cc2c(n1-c1ccccc1)CC(C)(C)C/C2=N\OC(=O)Nc1ccc(Cl)cc1.